The minimum absolute atomic E-state index is 0.349. The van der Waals surface area contributed by atoms with Crippen LogP contribution in [0, 0.1) is 0 Å². The first kappa shape index (κ1) is 14.9. The van der Waals surface area contributed by atoms with Gasteiger partial charge < -0.3 is 0 Å². The van der Waals surface area contributed by atoms with Crippen LogP contribution in [0.2, 0.25) is 0 Å². The topological polar surface area (TPSA) is 24.7 Å². The fourth-order valence-electron chi connectivity index (χ4n) is 1.73. The Hall–Kier alpha value is -1.18. The van der Waals surface area contributed by atoms with Gasteiger partial charge in [-0.1, -0.05) is 38.1 Å². The molecule has 0 saturated heterocycles. The number of isothiocyanates is 2. The van der Waals surface area contributed by atoms with Gasteiger partial charge >= 0.3 is 0 Å². The Morgan fingerprint density at radius 3 is 1.83 bits per heavy atom. The van der Waals surface area contributed by atoms with Gasteiger partial charge in [0.15, 0.2) is 0 Å². The molecule has 0 N–H and O–H groups in total. The smallest absolute Gasteiger partial charge is 0.0585 e. The third kappa shape index (κ3) is 4.59. The molecular formula is C14H16N2S2. The minimum atomic E-state index is 0.349. The number of thiocarbonyl (C=S) groups is 2. The van der Waals surface area contributed by atoms with Gasteiger partial charge in [0.25, 0.3) is 0 Å². The predicted octanol–water partition coefficient (Wildman–Crippen LogP) is 4.10. The van der Waals surface area contributed by atoms with Crippen LogP contribution in [0.3, 0.4) is 0 Å². The van der Waals surface area contributed by atoms with Gasteiger partial charge in [0.1, 0.15) is 0 Å². The lowest BCUT2D eigenvalue weighted by molar-refractivity contribution is 0.754. The Balaban J connectivity index is 2.83. The summed E-state index contributed by atoms with van der Waals surface area (Å²) in [5.74, 6) is 0.697. The van der Waals surface area contributed by atoms with Gasteiger partial charge in [-0.25, -0.2) is 9.98 Å². The third-order valence-electron chi connectivity index (χ3n) is 2.91. The van der Waals surface area contributed by atoms with E-state index in [1.807, 2.05) is 0 Å². The Kier molecular flexibility index (Phi) is 6.63. The van der Waals surface area contributed by atoms with E-state index in [-0.39, 0.29) is 0 Å². The summed E-state index contributed by atoms with van der Waals surface area (Å²) in [6.07, 6.45) is 0. The molecule has 94 valence electrons. The number of hydrogen-bond donors (Lipinski definition) is 0. The maximum absolute atomic E-state index is 4.59. The van der Waals surface area contributed by atoms with E-state index in [0.29, 0.717) is 24.9 Å². The van der Waals surface area contributed by atoms with Crippen molar-refractivity contribution in [3.05, 3.63) is 35.4 Å². The van der Waals surface area contributed by atoms with E-state index in [0.717, 1.165) is 0 Å². The van der Waals surface area contributed by atoms with Gasteiger partial charge in [0.05, 0.1) is 23.4 Å². The molecule has 2 unspecified atom stereocenters. The van der Waals surface area contributed by atoms with Crippen LogP contribution in [-0.2, 0) is 0 Å². The van der Waals surface area contributed by atoms with E-state index in [2.05, 4.69) is 82.9 Å². The van der Waals surface area contributed by atoms with Gasteiger partial charge in [-0.2, -0.15) is 0 Å². The van der Waals surface area contributed by atoms with E-state index in [1.165, 1.54) is 11.1 Å². The van der Waals surface area contributed by atoms with Crippen LogP contribution >= 0.6 is 24.4 Å². The molecule has 1 rings (SSSR count). The Bertz CT molecular complexity index is 445. The number of rotatable bonds is 6. The molecule has 0 aliphatic carbocycles. The molecule has 0 amide bonds. The van der Waals surface area contributed by atoms with Gasteiger partial charge in [0, 0.05) is 11.8 Å². The summed E-state index contributed by atoms with van der Waals surface area (Å²) in [6, 6.07) is 8.50. The molecule has 0 heterocycles. The van der Waals surface area contributed by atoms with Crippen LogP contribution in [0.5, 0.6) is 0 Å². The average molecular weight is 276 g/mol. The Labute approximate surface area is 119 Å². The normalized spacial score (nSPS) is 13.0. The van der Waals surface area contributed by atoms with E-state index in [4.69, 9.17) is 0 Å². The Morgan fingerprint density at radius 2 is 1.44 bits per heavy atom. The van der Waals surface area contributed by atoms with Crippen molar-refractivity contribution in [1.82, 2.24) is 0 Å². The Morgan fingerprint density at radius 1 is 1.00 bits per heavy atom. The van der Waals surface area contributed by atoms with E-state index in [9.17, 15) is 0 Å². The van der Waals surface area contributed by atoms with E-state index < -0.39 is 0 Å². The fourth-order valence-corrected chi connectivity index (χ4v) is 1.88. The fraction of sp³-hybridized carbons (Fsp3) is 0.429. The van der Waals surface area contributed by atoms with Crippen molar-refractivity contribution >= 4 is 34.8 Å². The minimum Gasteiger partial charge on any atom is -0.232 e. The highest BCUT2D eigenvalue weighted by molar-refractivity contribution is 7.78. The maximum atomic E-state index is 4.59. The highest BCUT2D eigenvalue weighted by atomic mass is 32.1. The third-order valence-corrected chi connectivity index (χ3v) is 3.17. The van der Waals surface area contributed by atoms with Crippen molar-refractivity contribution in [1.29, 1.82) is 0 Å². The van der Waals surface area contributed by atoms with Crippen molar-refractivity contribution in [3.8, 4) is 0 Å². The zero-order valence-electron chi connectivity index (χ0n) is 10.6. The maximum Gasteiger partial charge on any atom is 0.0585 e. The SMILES string of the molecule is CC(CN=C=S)c1cccc(C(C)CN=C=S)c1. The lowest BCUT2D eigenvalue weighted by Gasteiger charge is -2.13. The first-order valence-corrected chi connectivity index (χ1v) is 6.67. The molecule has 0 bridgehead atoms. The quantitative estimate of drug-likeness (QED) is 0.577. The molecule has 0 aliphatic heterocycles. The molecule has 0 spiro atoms. The largest absolute Gasteiger partial charge is 0.232 e. The van der Waals surface area contributed by atoms with E-state index >= 15 is 0 Å². The summed E-state index contributed by atoms with van der Waals surface area (Å²) in [5.41, 5.74) is 2.53. The van der Waals surface area contributed by atoms with Crippen molar-refractivity contribution in [2.75, 3.05) is 13.1 Å². The summed E-state index contributed by atoms with van der Waals surface area (Å²) in [5, 5.41) is 4.81. The van der Waals surface area contributed by atoms with Gasteiger partial charge in [-0.15, -0.1) is 0 Å². The van der Waals surface area contributed by atoms with Crippen molar-refractivity contribution in [2.24, 2.45) is 9.98 Å². The molecule has 0 aromatic heterocycles. The van der Waals surface area contributed by atoms with E-state index in [1.54, 1.807) is 0 Å². The first-order valence-electron chi connectivity index (χ1n) is 5.86. The van der Waals surface area contributed by atoms with Crippen LogP contribution in [0.25, 0.3) is 0 Å². The summed E-state index contributed by atoms with van der Waals surface area (Å²) < 4.78 is 0. The highest BCUT2D eigenvalue weighted by Gasteiger charge is 2.09. The molecule has 0 fully saturated rings. The zero-order chi connectivity index (χ0) is 13.4. The second-order valence-corrected chi connectivity index (χ2v) is 4.70. The molecular weight excluding hydrogens is 260 g/mol. The summed E-state index contributed by atoms with van der Waals surface area (Å²) in [4.78, 5) is 7.99. The molecule has 2 nitrogen and oxygen atoms in total. The number of aliphatic imine (C=N–C) groups is 2. The molecule has 0 radical (unpaired) electrons. The average Bonchev–Trinajstić information content (AvgIpc) is 2.42. The number of nitrogens with zero attached hydrogens (tertiary/aromatic N) is 2. The molecule has 18 heavy (non-hydrogen) atoms. The van der Waals surface area contributed by atoms with Crippen LogP contribution < -0.4 is 0 Å². The van der Waals surface area contributed by atoms with Crippen LogP contribution in [0.1, 0.15) is 36.8 Å². The van der Waals surface area contributed by atoms with Gasteiger partial charge in [0.2, 0.25) is 0 Å². The summed E-state index contributed by atoms with van der Waals surface area (Å²) >= 11 is 9.18. The summed E-state index contributed by atoms with van der Waals surface area (Å²) in [6.45, 7) is 5.63. The second-order valence-electron chi connectivity index (χ2n) is 4.34. The first-order chi connectivity index (χ1) is 8.69. The van der Waals surface area contributed by atoms with Gasteiger partial charge in [-0.05, 0) is 35.6 Å². The van der Waals surface area contributed by atoms with Crippen molar-refractivity contribution in [3.63, 3.8) is 0 Å². The summed E-state index contributed by atoms with van der Waals surface area (Å²) in [7, 11) is 0. The molecule has 0 saturated carbocycles. The van der Waals surface area contributed by atoms with Crippen LogP contribution in [0.15, 0.2) is 34.3 Å². The predicted molar refractivity (Wildman–Crippen MR) is 83.1 cm³/mol. The standard InChI is InChI=1S/C14H16N2S2/c1-11(7-15-9-17)13-4-3-5-14(6-13)12(2)8-16-10-18/h3-6,11-12H,7-8H2,1-2H3. The van der Waals surface area contributed by atoms with Crippen LogP contribution in [-0.4, -0.2) is 23.4 Å². The number of benzene rings is 1. The lowest BCUT2D eigenvalue weighted by Crippen LogP contribution is -2.02. The van der Waals surface area contributed by atoms with Crippen LogP contribution in [0.4, 0.5) is 0 Å². The van der Waals surface area contributed by atoms with Crippen molar-refractivity contribution < 1.29 is 0 Å². The molecule has 4 heteroatoms. The molecule has 1 aromatic carbocycles. The molecule has 1 aromatic rings. The second kappa shape index (κ2) is 8.02. The molecule has 2 atom stereocenters. The van der Waals surface area contributed by atoms with Gasteiger partial charge in [-0.3, -0.25) is 0 Å². The van der Waals surface area contributed by atoms with Crippen molar-refractivity contribution in [2.45, 2.75) is 25.7 Å². The number of hydrogen-bond acceptors (Lipinski definition) is 4. The molecule has 0 aliphatic rings. The zero-order valence-corrected chi connectivity index (χ0v) is 12.2. The monoisotopic (exact) mass is 276 g/mol. The highest BCUT2D eigenvalue weighted by Crippen LogP contribution is 2.22. The lowest BCUT2D eigenvalue weighted by atomic mass is 9.94.